The largest absolute Gasteiger partial charge is 0.493 e. The van der Waals surface area contributed by atoms with Crippen LogP contribution in [-0.4, -0.2) is 32.8 Å². The van der Waals surface area contributed by atoms with Crippen LogP contribution in [0.3, 0.4) is 0 Å². The van der Waals surface area contributed by atoms with E-state index in [0.29, 0.717) is 19.2 Å². The van der Waals surface area contributed by atoms with Crippen LogP contribution in [0.5, 0.6) is 11.5 Å². The number of hydrogen-bond donors (Lipinski definition) is 2. The summed E-state index contributed by atoms with van der Waals surface area (Å²) in [5, 5.41) is 6.90. The van der Waals surface area contributed by atoms with Gasteiger partial charge in [0.2, 0.25) is 0 Å². The molecule has 2 rings (SSSR count). The third-order valence-corrected chi connectivity index (χ3v) is 4.16. The number of nitrogens with zero attached hydrogens (tertiary/aromatic N) is 1. The predicted octanol–water partition coefficient (Wildman–Crippen LogP) is 3.71. The Bertz CT molecular complexity index is 517. The summed E-state index contributed by atoms with van der Waals surface area (Å²) in [5.41, 5.74) is 1.14. The summed E-state index contributed by atoms with van der Waals surface area (Å²) in [7, 11) is 3.48. The van der Waals surface area contributed by atoms with Crippen molar-refractivity contribution in [2.24, 2.45) is 4.99 Å². The number of aliphatic imine (C=N–C) groups is 1. The van der Waals surface area contributed by atoms with Crippen LogP contribution in [0.15, 0.2) is 23.2 Å². The number of guanidine groups is 1. The van der Waals surface area contributed by atoms with Crippen LogP contribution in [0.1, 0.15) is 44.6 Å². The average Bonchev–Trinajstić information content (AvgIpc) is 2.60. The minimum atomic E-state index is 0. The molecule has 24 heavy (non-hydrogen) atoms. The van der Waals surface area contributed by atoms with E-state index in [0.717, 1.165) is 23.0 Å². The topological polar surface area (TPSA) is 54.9 Å². The van der Waals surface area contributed by atoms with Crippen molar-refractivity contribution in [1.82, 2.24) is 10.6 Å². The van der Waals surface area contributed by atoms with E-state index in [4.69, 9.17) is 9.47 Å². The molecule has 1 aliphatic rings. The van der Waals surface area contributed by atoms with Crippen molar-refractivity contribution in [3.05, 3.63) is 23.8 Å². The van der Waals surface area contributed by atoms with E-state index in [1.54, 1.807) is 7.11 Å². The zero-order valence-electron chi connectivity index (χ0n) is 14.9. The first-order valence-corrected chi connectivity index (χ1v) is 8.53. The summed E-state index contributed by atoms with van der Waals surface area (Å²) >= 11 is 0. The van der Waals surface area contributed by atoms with Gasteiger partial charge in [0.05, 0.1) is 13.7 Å². The van der Waals surface area contributed by atoms with Gasteiger partial charge in [0.1, 0.15) is 0 Å². The Hall–Kier alpha value is -1.18. The number of ether oxygens (including phenoxy) is 2. The van der Waals surface area contributed by atoms with Gasteiger partial charge in [-0.3, -0.25) is 4.99 Å². The summed E-state index contributed by atoms with van der Waals surface area (Å²) in [5.74, 6) is 2.41. The molecule has 0 bridgehead atoms. The average molecular weight is 447 g/mol. The van der Waals surface area contributed by atoms with Gasteiger partial charge in [0, 0.05) is 19.6 Å². The SMILES string of the molecule is CCOc1ccc(CNC(=NC)NC2CCCCC2)cc1OC.I. The number of halogens is 1. The van der Waals surface area contributed by atoms with Crippen molar-refractivity contribution in [3.8, 4) is 11.5 Å². The minimum Gasteiger partial charge on any atom is -0.493 e. The molecule has 0 aliphatic heterocycles. The molecule has 1 aromatic rings. The molecule has 0 heterocycles. The number of methoxy groups -OCH3 is 1. The first-order valence-electron chi connectivity index (χ1n) is 8.53. The molecule has 136 valence electrons. The van der Waals surface area contributed by atoms with Crippen molar-refractivity contribution in [2.75, 3.05) is 20.8 Å². The molecule has 1 aliphatic carbocycles. The minimum absolute atomic E-state index is 0. The van der Waals surface area contributed by atoms with Crippen LogP contribution in [0.2, 0.25) is 0 Å². The van der Waals surface area contributed by atoms with Crippen LogP contribution < -0.4 is 20.1 Å². The number of nitrogens with one attached hydrogen (secondary N) is 2. The number of benzene rings is 1. The molecule has 5 nitrogen and oxygen atoms in total. The van der Waals surface area contributed by atoms with E-state index in [-0.39, 0.29) is 24.0 Å². The number of hydrogen-bond acceptors (Lipinski definition) is 3. The molecule has 0 saturated heterocycles. The van der Waals surface area contributed by atoms with Gasteiger partial charge >= 0.3 is 0 Å². The monoisotopic (exact) mass is 447 g/mol. The maximum atomic E-state index is 5.55. The third kappa shape index (κ3) is 6.37. The lowest BCUT2D eigenvalue weighted by atomic mass is 9.96. The predicted molar refractivity (Wildman–Crippen MR) is 110 cm³/mol. The van der Waals surface area contributed by atoms with Gasteiger partial charge in [-0.05, 0) is 37.5 Å². The van der Waals surface area contributed by atoms with Gasteiger partial charge in [-0.15, -0.1) is 24.0 Å². The molecule has 0 aromatic heterocycles. The summed E-state index contributed by atoms with van der Waals surface area (Å²) in [6.45, 7) is 3.30. The first-order chi connectivity index (χ1) is 11.3. The zero-order valence-corrected chi connectivity index (χ0v) is 17.3. The second-order valence-corrected chi connectivity index (χ2v) is 5.82. The summed E-state index contributed by atoms with van der Waals surface area (Å²) in [6, 6.07) is 6.56. The lowest BCUT2D eigenvalue weighted by Gasteiger charge is -2.25. The van der Waals surface area contributed by atoms with E-state index in [1.807, 2.05) is 26.1 Å². The van der Waals surface area contributed by atoms with Crippen LogP contribution in [0.4, 0.5) is 0 Å². The van der Waals surface area contributed by atoms with E-state index in [1.165, 1.54) is 32.1 Å². The van der Waals surface area contributed by atoms with Crippen LogP contribution in [0, 0.1) is 0 Å². The molecule has 0 spiro atoms. The Morgan fingerprint density at radius 1 is 1.21 bits per heavy atom. The van der Waals surface area contributed by atoms with Crippen LogP contribution >= 0.6 is 24.0 Å². The van der Waals surface area contributed by atoms with E-state index in [9.17, 15) is 0 Å². The van der Waals surface area contributed by atoms with Crippen molar-refractivity contribution >= 4 is 29.9 Å². The van der Waals surface area contributed by atoms with Gasteiger partial charge in [-0.25, -0.2) is 0 Å². The molecule has 6 heteroatoms. The highest BCUT2D eigenvalue weighted by molar-refractivity contribution is 14.0. The van der Waals surface area contributed by atoms with Crippen molar-refractivity contribution < 1.29 is 9.47 Å². The highest BCUT2D eigenvalue weighted by Crippen LogP contribution is 2.28. The number of rotatable bonds is 6. The van der Waals surface area contributed by atoms with Gasteiger partial charge < -0.3 is 20.1 Å². The second kappa shape index (κ2) is 11.4. The fourth-order valence-corrected chi connectivity index (χ4v) is 2.92. The Kier molecular flexibility index (Phi) is 9.90. The third-order valence-electron chi connectivity index (χ3n) is 4.16. The second-order valence-electron chi connectivity index (χ2n) is 5.82. The van der Waals surface area contributed by atoms with Gasteiger partial charge in [0.15, 0.2) is 17.5 Å². The molecule has 1 fully saturated rings. The van der Waals surface area contributed by atoms with Gasteiger partial charge in [-0.2, -0.15) is 0 Å². The Morgan fingerprint density at radius 2 is 1.96 bits per heavy atom. The van der Waals surface area contributed by atoms with E-state index in [2.05, 4.69) is 21.7 Å². The zero-order chi connectivity index (χ0) is 16.5. The maximum absolute atomic E-state index is 5.55. The molecule has 0 radical (unpaired) electrons. The summed E-state index contributed by atoms with van der Waals surface area (Å²) < 4.78 is 10.9. The Morgan fingerprint density at radius 3 is 2.58 bits per heavy atom. The van der Waals surface area contributed by atoms with Crippen LogP contribution in [0.25, 0.3) is 0 Å². The summed E-state index contributed by atoms with van der Waals surface area (Å²) in [6.07, 6.45) is 6.45. The van der Waals surface area contributed by atoms with Crippen molar-refractivity contribution in [1.29, 1.82) is 0 Å². The highest BCUT2D eigenvalue weighted by Gasteiger charge is 2.14. The lowest BCUT2D eigenvalue weighted by Crippen LogP contribution is -2.43. The molecule has 0 unspecified atom stereocenters. The fourth-order valence-electron chi connectivity index (χ4n) is 2.92. The maximum Gasteiger partial charge on any atom is 0.191 e. The van der Waals surface area contributed by atoms with Crippen molar-refractivity contribution in [2.45, 2.75) is 51.6 Å². The van der Waals surface area contributed by atoms with Crippen LogP contribution in [-0.2, 0) is 6.54 Å². The normalized spacial score (nSPS) is 15.4. The standard InChI is InChI=1S/C18H29N3O2.HI/c1-4-23-16-11-10-14(12-17(16)22-3)13-20-18(19-2)21-15-8-6-5-7-9-15;/h10-12,15H,4-9,13H2,1-3H3,(H2,19,20,21);1H. The molecular weight excluding hydrogens is 417 g/mol. The quantitative estimate of drug-likeness (QED) is 0.397. The first kappa shape index (κ1) is 20.9. The highest BCUT2D eigenvalue weighted by atomic mass is 127. The smallest absolute Gasteiger partial charge is 0.191 e. The molecule has 0 amide bonds. The molecular formula is C18H30IN3O2. The molecule has 1 aromatic carbocycles. The lowest BCUT2D eigenvalue weighted by molar-refractivity contribution is 0.310. The summed E-state index contributed by atoms with van der Waals surface area (Å²) in [4.78, 5) is 4.33. The Balaban J connectivity index is 0.00000288. The van der Waals surface area contributed by atoms with Gasteiger partial charge in [0.25, 0.3) is 0 Å². The molecule has 2 N–H and O–H groups in total. The van der Waals surface area contributed by atoms with Gasteiger partial charge in [-0.1, -0.05) is 25.3 Å². The molecule has 1 saturated carbocycles. The Labute approximate surface area is 162 Å². The molecule has 0 atom stereocenters. The van der Waals surface area contributed by atoms with E-state index >= 15 is 0 Å². The fraction of sp³-hybridized carbons (Fsp3) is 0.611. The van der Waals surface area contributed by atoms with E-state index < -0.39 is 0 Å². The van der Waals surface area contributed by atoms with Crippen molar-refractivity contribution in [3.63, 3.8) is 0 Å².